The fourth-order valence-electron chi connectivity index (χ4n) is 3.16. The molecule has 1 aliphatic heterocycles. The van der Waals surface area contributed by atoms with E-state index in [9.17, 15) is 4.79 Å². The smallest absolute Gasteiger partial charge is 0.227 e. The van der Waals surface area contributed by atoms with Crippen molar-refractivity contribution in [3.05, 3.63) is 71.3 Å². The Balaban J connectivity index is 1.97. The highest BCUT2D eigenvalue weighted by Crippen LogP contribution is 2.33. The molecule has 2 aromatic carbocycles. The first kappa shape index (κ1) is 14.8. The highest BCUT2D eigenvalue weighted by molar-refractivity contribution is 5.79. The minimum absolute atomic E-state index is 0.123. The van der Waals surface area contributed by atoms with Crippen molar-refractivity contribution in [1.29, 1.82) is 0 Å². The molecule has 0 saturated carbocycles. The largest absolute Gasteiger partial charge is 0.337 e. The normalized spacial score (nSPS) is 18.6. The molecule has 0 aliphatic carbocycles. The second-order valence-electron chi connectivity index (χ2n) is 6.02. The van der Waals surface area contributed by atoms with Gasteiger partial charge >= 0.3 is 0 Å². The van der Waals surface area contributed by atoms with E-state index in [0.29, 0.717) is 13.1 Å². The number of hydrogen-bond acceptors (Lipinski definition) is 2. The van der Waals surface area contributed by atoms with E-state index in [1.54, 1.807) is 0 Å². The maximum atomic E-state index is 12.6. The Hall–Kier alpha value is -2.13. The number of nitrogens with two attached hydrogens (primary N) is 1. The molecule has 1 heterocycles. The Morgan fingerprint density at radius 1 is 1.18 bits per heavy atom. The molecule has 0 bridgehead atoms. The van der Waals surface area contributed by atoms with Gasteiger partial charge in [0.15, 0.2) is 0 Å². The van der Waals surface area contributed by atoms with Crippen molar-refractivity contribution in [2.75, 3.05) is 13.1 Å². The molecule has 3 rings (SSSR count). The zero-order valence-electron chi connectivity index (χ0n) is 12.9. The van der Waals surface area contributed by atoms with Crippen molar-refractivity contribution >= 4 is 5.91 Å². The molecule has 2 unspecified atom stereocenters. The maximum absolute atomic E-state index is 12.6. The molecular formula is C19H22N2O. The summed E-state index contributed by atoms with van der Waals surface area (Å²) in [6.45, 7) is 3.71. The summed E-state index contributed by atoms with van der Waals surface area (Å²) in [7, 11) is 0. The van der Waals surface area contributed by atoms with Crippen LogP contribution in [-0.2, 0) is 11.3 Å². The van der Waals surface area contributed by atoms with Crippen LogP contribution >= 0.6 is 0 Å². The second-order valence-corrected chi connectivity index (χ2v) is 6.02. The minimum atomic E-state index is -0.123. The number of benzene rings is 2. The second kappa shape index (κ2) is 6.32. The zero-order chi connectivity index (χ0) is 15.5. The number of hydrogen-bond donors (Lipinski definition) is 1. The summed E-state index contributed by atoms with van der Waals surface area (Å²) in [5, 5.41) is 0. The Labute approximate surface area is 131 Å². The van der Waals surface area contributed by atoms with Crippen LogP contribution in [0.1, 0.15) is 29.5 Å². The third-order valence-electron chi connectivity index (χ3n) is 4.48. The molecule has 0 aromatic heterocycles. The van der Waals surface area contributed by atoms with Crippen LogP contribution in [0, 0.1) is 5.92 Å². The van der Waals surface area contributed by atoms with Gasteiger partial charge < -0.3 is 10.6 Å². The topological polar surface area (TPSA) is 46.3 Å². The third-order valence-corrected chi connectivity index (χ3v) is 4.48. The highest BCUT2D eigenvalue weighted by atomic mass is 16.2. The fourth-order valence-corrected chi connectivity index (χ4v) is 3.16. The molecule has 0 fully saturated rings. The van der Waals surface area contributed by atoms with Crippen LogP contribution in [0.3, 0.4) is 0 Å². The van der Waals surface area contributed by atoms with Gasteiger partial charge in [0.05, 0.1) is 0 Å². The number of rotatable bonds is 3. The highest BCUT2D eigenvalue weighted by Gasteiger charge is 2.30. The van der Waals surface area contributed by atoms with E-state index in [2.05, 4.69) is 42.5 Å². The summed E-state index contributed by atoms with van der Waals surface area (Å²) >= 11 is 0. The Morgan fingerprint density at radius 2 is 1.86 bits per heavy atom. The quantitative estimate of drug-likeness (QED) is 0.946. The van der Waals surface area contributed by atoms with Gasteiger partial charge in [-0.1, -0.05) is 61.5 Å². The maximum Gasteiger partial charge on any atom is 0.227 e. The predicted octanol–water partition coefficient (Wildman–Crippen LogP) is 2.76. The van der Waals surface area contributed by atoms with Crippen LogP contribution in [-0.4, -0.2) is 23.9 Å². The van der Waals surface area contributed by atoms with E-state index in [1.807, 2.05) is 24.0 Å². The molecule has 114 valence electrons. The van der Waals surface area contributed by atoms with Crippen molar-refractivity contribution < 1.29 is 4.79 Å². The van der Waals surface area contributed by atoms with Crippen molar-refractivity contribution in [2.45, 2.75) is 19.4 Å². The predicted molar refractivity (Wildman–Crippen MR) is 88.4 cm³/mol. The van der Waals surface area contributed by atoms with Crippen molar-refractivity contribution in [2.24, 2.45) is 11.7 Å². The lowest BCUT2D eigenvalue weighted by atomic mass is 9.84. The lowest BCUT2D eigenvalue weighted by molar-refractivity contribution is -0.135. The average molecular weight is 294 g/mol. The molecule has 2 atom stereocenters. The Bertz CT molecular complexity index is 653. The van der Waals surface area contributed by atoms with Crippen LogP contribution in [0.5, 0.6) is 0 Å². The lowest BCUT2D eigenvalue weighted by Crippen LogP contribution is -2.42. The monoisotopic (exact) mass is 294 g/mol. The molecular weight excluding hydrogens is 272 g/mol. The van der Waals surface area contributed by atoms with Crippen LogP contribution in [0.25, 0.3) is 0 Å². The zero-order valence-corrected chi connectivity index (χ0v) is 12.9. The molecule has 2 N–H and O–H groups in total. The van der Waals surface area contributed by atoms with Crippen molar-refractivity contribution in [3.63, 3.8) is 0 Å². The van der Waals surface area contributed by atoms with Gasteiger partial charge in [0, 0.05) is 31.5 Å². The molecule has 0 radical (unpaired) electrons. The van der Waals surface area contributed by atoms with Gasteiger partial charge in [0.2, 0.25) is 5.91 Å². The number of nitrogens with zero attached hydrogens (tertiary/aromatic N) is 1. The number of carbonyl (C=O) groups excluding carboxylic acids is 1. The van der Waals surface area contributed by atoms with Gasteiger partial charge in [0.25, 0.3) is 0 Å². The van der Waals surface area contributed by atoms with Crippen molar-refractivity contribution in [3.8, 4) is 0 Å². The van der Waals surface area contributed by atoms with E-state index in [1.165, 1.54) is 16.7 Å². The SMILES string of the molecule is CC(CN)C(=O)N1Cc2ccccc2C(c2ccccc2)C1. The van der Waals surface area contributed by atoms with Crippen LogP contribution in [0.15, 0.2) is 54.6 Å². The summed E-state index contributed by atoms with van der Waals surface area (Å²) in [5.41, 5.74) is 9.50. The molecule has 3 nitrogen and oxygen atoms in total. The average Bonchev–Trinajstić information content (AvgIpc) is 2.60. The van der Waals surface area contributed by atoms with Crippen LogP contribution in [0.4, 0.5) is 0 Å². The first-order valence-electron chi connectivity index (χ1n) is 7.82. The number of amides is 1. The summed E-state index contributed by atoms with van der Waals surface area (Å²) in [6, 6.07) is 18.8. The van der Waals surface area contributed by atoms with Gasteiger partial charge in [-0.15, -0.1) is 0 Å². The molecule has 0 saturated heterocycles. The van der Waals surface area contributed by atoms with Crippen LogP contribution in [0.2, 0.25) is 0 Å². The fraction of sp³-hybridized carbons (Fsp3) is 0.316. The van der Waals surface area contributed by atoms with E-state index in [4.69, 9.17) is 5.73 Å². The third kappa shape index (κ3) is 2.77. The summed E-state index contributed by atoms with van der Waals surface area (Å²) in [5.74, 6) is 0.264. The van der Waals surface area contributed by atoms with E-state index >= 15 is 0 Å². The van der Waals surface area contributed by atoms with Gasteiger partial charge in [-0.25, -0.2) is 0 Å². The van der Waals surface area contributed by atoms with Crippen molar-refractivity contribution in [1.82, 2.24) is 4.90 Å². The molecule has 2 aromatic rings. The molecule has 3 heteroatoms. The Morgan fingerprint density at radius 3 is 2.59 bits per heavy atom. The van der Waals surface area contributed by atoms with E-state index in [0.717, 1.165) is 6.54 Å². The first-order chi connectivity index (χ1) is 10.7. The number of carbonyl (C=O) groups is 1. The minimum Gasteiger partial charge on any atom is -0.337 e. The summed E-state index contributed by atoms with van der Waals surface area (Å²) in [6.07, 6.45) is 0. The van der Waals surface area contributed by atoms with E-state index < -0.39 is 0 Å². The van der Waals surface area contributed by atoms with E-state index in [-0.39, 0.29) is 17.7 Å². The standard InChI is InChI=1S/C19H22N2O/c1-14(11-20)19(22)21-12-16-9-5-6-10-17(16)18(13-21)15-7-3-2-4-8-15/h2-10,14,18H,11-13,20H2,1H3. The molecule has 0 spiro atoms. The first-order valence-corrected chi connectivity index (χ1v) is 7.82. The molecule has 1 amide bonds. The van der Waals surface area contributed by atoms with Crippen LogP contribution < -0.4 is 5.73 Å². The summed E-state index contributed by atoms with van der Waals surface area (Å²) < 4.78 is 0. The Kier molecular flexibility index (Phi) is 4.25. The molecule has 1 aliphatic rings. The van der Waals surface area contributed by atoms with Gasteiger partial charge in [-0.2, -0.15) is 0 Å². The van der Waals surface area contributed by atoms with Gasteiger partial charge in [0.1, 0.15) is 0 Å². The summed E-state index contributed by atoms with van der Waals surface area (Å²) in [4.78, 5) is 14.5. The van der Waals surface area contributed by atoms with Gasteiger partial charge in [-0.3, -0.25) is 4.79 Å². The van der Waals surface area contributed by atoms with Gasteiger partial charge in [-0.05, 0) is 16.7 Å². The number of fused-ring (bicyclic) bond motifs is 1. The lowest BCUT2D eigenvalue weighted by Gasteiger charge is -2.36. The molecule has 22 heavy (non-hydrogen) atoms.